The predicted octanol–water partition coefficient (Wildman–Crippen LogP) is 1.16. The Morgan fingerprint density at radius 2 is 2.12 bits per heavy atom. The van der Waals surface area contributed by atoms with Crippen molar-refractivity contribution >= 4 is 16.7 Å². The van der Waals surface area contributed by atoms with E-state index in [9.17, 15) is 4.79 Å². The van der Waals surface area contributed by atoms with Gasteiger partial charge in [0, 0.05) is 23.7 Å². The van der Waals surface area contributed by atoms with Gasteiger partial charge >= 0.3 is 0 Å². The van der Waals surface area contributed by atoms with Crippen LogP contribution in [0.25, 0.3) is 10.8 Å². The predicted molar refractivity (Wildman–Crippen MR) is 62.4 cm³/mol. The first-order chi connectivity index (χ1) is 7.81. The molecule has 0 atom stereocenters. The normalized spacial score (nSPS) is 10.3. The maximum Gasteiger partial charge on any atom is 0.234 e. The molecule has 0 spiro atoms. The number of nitrogens with zero attached hydrogens (tertiary/aromatic N) is 1. The minimum absolute atomic E-state index is 0.172. The first kappa shape index (κ1) is 10.6. The molecule has 1 aromatic heterocycles. The lowest BCUT2D eigenvalue weighted by atomic mass is 10.1. The lowest BCUT2D eigenvalue weighted by Crippen LogP contribution is -2.30. The molecular weight excluding hydrogens is 202 g/mol. The van der Waals surface area contributed by atoms with Gasteiger partial charge in [-0.3, -0.25) is 15.2 Å². The second kappa shape index (κ2) is 4.72. The molecule has 0 saturated carbocycles. The Morgan fingerprint density at radius 1 is 1.31 bits per heavy atom. The first-order valence-corrected chi connectivity index (χ1v) is 5.13. The Labute approximate surface area is 93.4 Å². The lowest BCUT2D eigenvalue weighted by Gasteiger charge is -2.04. The molecule has 4 heteroatoms. The van der Waals surface area contributed by atoms with E-state index in [0.29, 0.717) is 12.8 Å². The van der Waals surface area contributed by atoms with Gasteiger partial charge in [-0.2, -0.15) is 0 Å². The average molecular weight is 215 g/mol. The molecule has 2 rings (SSSR count). The topological polar surface area (TPSA) is 68.0 Å². The number of hydrogen-bond acceptors (Lipinski definition) is 3. The van der Waals surface area contributed by atoms with E-state index in [1.807, 2.05) is 30.3 Å². The van der Waals surface area contributed by atoms with Gasteiger partial charge in [0.1, 0.15) is 0 Å². The molecule has 1 aromatic carbocycles. The summed E-state index contributed by atoms with van der Waals surface area (Å²) in [6.45, 7) is 0. The zero-order chi connectivity index (χ0) is 11.4. The number of hydrogen-bond donors (Lipinski definition) is 2. The number of pyridine rings is 1. The number of aromatic nitrogens is 1. The van der Waals surface area contributed by atoms with Crippen LogP contribution in [0.4, 0.5) is 0 Å². The molecule has 0 aliphatic carbocycles. The van der Waals surface area contributed by atoms with Crippen molar-refractivity contribution in [1.82, 2.24) is 10.4 Å². The van der Waals surface area contributed by atoms with E-state index in [-0.39, 0.29) is 5.91 Å². The average Bonchev–Trinajstić information content (AvgIpc) is 2.35. The number of rotatable bonds is 3. The number of aryl methyl sites for hydroxylation is 1. The van der Waals surface area contributed by atoms with Crippen molar-refractivity contribution in [2.24, 2.45) is 5.84 Å². The van der Waals surface area contributed by atoms with Crippen molar-refractivity contribution in [2.45, 2.75) is 12.8 Å². The van der Waals surface area contributed by atoms with Gasteiger partial charge in [-0.25, -0.2) is 5.84 Å². The highest BCUT2D eigenvalue weighted by atomic mass is 16.2. The van der Waals surface area contributed by atoms with Crippen LogP contribution in [-0.4, -0.2) is 10.9 Å². The van der Waals surface area contributed by atoms with E-state index >= 15 is 0 Å². The van der Waals surface area contributed by atoms with Crippen LogP contribution in [0.1, 0.15) is 12.1 Å². The summed E-state index contributed by atoms with van der Waals surface area (Å²) in [4.78, 5) is 15.3. The Balaban J connectivity index is 2.27. The number of carbonyl (C=O) groups is 1. The van der Waals surface area contributed by atoms with Gasteiger partial charge in [0.05, 0.1) is 0 Å². The van der Waals surface area contributed by atoms with Gasteiger partial charge in [0.15, 0.2) is 0 Å². The van der Waals surface area contributed by atoms with Crippen LogP contribution in [0.2, 0.25) is 0 Å². The van der Waals surface area contributed by atoms with E-state index < -0.39 is 0 Å². The zero-order valence-corrected chi connectivity index (χ0v) is 8.81. The molecule has 4 nitrogen and oxygen atoms in total. The van der Waals surface area contributed by atoms with Crippen LogP contribution in [-0.2, 0) is 11.2 Å². The fourth-order valence-corrected chi connectivity index (χ4v) is 1.69. The maximum absolute atomic E-state index is 11.1. The Hall–Kier alpha value is -1.94. The highest BCUT2D eigenvalue weighted by Crippen LogP contribution is 2.17. The summed E-state index contributed by atoms with van der Waals surface area (Å²) in [5, 5.41) is 2.23. The molecule has 0 fully saturated rings. The number of fused-ring (bicyclic) bond motifs is 1. The number of carbonyl (C=O) groups excluding carboxylic acids is 1. The van der Waals surface area contributed by atoms with Crippen molar-refractivity contribution in [3.63, 3.8) is 0 Å². The lowest BCUT2D eigenvalue weighted by molar-refractivity contribution is -0.121. The Kier molecular flexibility index (Phi) is 3.12. The minimum atomic E-state index is -0.172. The largest absolute Gasteiger partial charge is 0.294 e. The highest BCUT2D eigenvalue weighted by molar-refractivity contribution is 5.85. The second-order valence-corrected chi connectivity index (χ2v) is 3.55. The summed E-state index contributed by atoms with van der Waals surface area (Å²) in [6.07, 6.45) is 2.72. The van der Waals surface area contributed by atoms with E-state index in [0.717, 1.165) is 16.5 Å². The van der Waals surface area contributed by atoms with Crippen molar-refractivity contribution in [3.8, 4) is 0 Å². The standard InChI is InChI=1S/C12H13N3O/c13-15-12(16)6-5-11-10-4-2-1-3-9(10)7-8-14-11/h1-4,7-8H,5-6,13H2,(H,15,16). The molecule has 1 amide bonds. The summed E-state index contributed by atoms with van der Waals surface area (Å²) in [5.74, 6) is 4.86. The molecule has 0 radical (unpaired) electrons. The number of nitrogens with two attached hydrogens (primary N) is 1. The third-order valence-corrected chi connectivity index (χ3v) is 2.51. The van der Waals surface area contributed by atoms with E-state index in [1.54, 1.807) is 6.20 Å². The van der Waals surface area contributed by atoms with E-state index in [1.165, 1.54) is 0 Å². The van der Waals surface area contributed by atoms with Crippen LogP contribution in [0.5, 0.6) is 0 Å². The SMILES string of the molecule is NNC(=O)CCc1nccc2ccccc12. The van der Waals surface area contributed by atoms with E-state index in [4.69, 9.17) is 5.84 Å². The molecule has 3 N–H and O–H groups in total. The monoisotopic (exact) mass is 215 g/mol. The van der Waals surface area contributed by atoms with Gasteiger partial charge in [-0.1, -0.05) is 24.3 Å². The number of benzene rings is 1. The smallest absolute Gasteiger partial charge is 0.234 e. The van der Waals surface area contributed by atoms with Gasteiger partial charge in [-0.15, -0.1) is 0 Å². The molecule has 0 unspecified atom stereocenters. The Morgan fingerprint density at radius 3 is 2.94 bits per heavy atom. The fourth-order valence-electron chi connectivity index (χ4n) is 1.69. The van der Waals surface area contributed by atoms with Crippen molar-refractivity contribution in [2.75, 3.05) is 0 Å². The molecule has 0 bridgehead atoms. The van der Waals surface area contributed by atoms with Crippen LogP contribution in [0.15, 0.2) is 36.5 Å². The van der Waals surface area contributed by atoms with Gasteiger partial charge in [0.25, 0.3) is 0 Å². The molecule has 0 saturated heterocycles. The molecule has 2 aromatic rings. The van der Waals surface area contributed by atoms with E-state index in [2.05, 4.69) is 10.4 Å². The molecule has 82 valence electrons. The Bertz CT molecular complexity index is 505. The molecule has 16 heavy (non-hydrogen) atoms. The summed E-state index contributed by atoms with van der Waals surface area (Å²) >= 11 is 0. The number of amides is 1. The highest BCUT2D eigenvalue weighted by Gasteiger charge is 2.04. The number of hydrazine groups is 1. The van der Waals surface area contributed by atoms with Crippen LogP contribution in [0, 0.1) is 0 Å². The molecule has 0 aliphatic heterocycles. The van der Waals surface area contributed by atoms with Gasteiger partial charge < -0.3 is 0 Å². The van der Waals surface area contributed by atoms with Crippen LogP contribution in [0.3, 0.4) is 0 Å². The number of nitrogens with one attached hydrogen (secondary N) is 1. The third kappa shape index (κ3) is 2.17. The third-order valence-electron chi connectivity index (χ3n) is 2.51. The summed E-state index contributed by atoms with van der Waals surface area (Å²) in [7, 11) is 0. The van der Waals surface area contributed by atoms with Crippen molar-refractivity contribution in [3.05, 3.63) is 42.2 Å². The van der Waals surface area contributed by atoms with Crippen LogP contribution >= 0.6 is 0 Å². The zero-order valence-electron chi connectivity index (χ0n) is 8.81. The molecular formula is C12H13N3O. The van der Waals surface area contributed by atoms with Gasteiger partial charge in [0.2, 0.25) is 5.91 Å². The minimum Gasteiger partial charge on any atom is -0.294 e. The van der Waals surface area contributed by atoms with Crippen molar-refractivity contribution in [1.29, 1.82) is 0 Å². The van der Waals surface area contributed by atoms with Crippen LogP contribution < -0.4 is 11.3 Å². The first-order valence-electron chi connectivity index (χ1n) is 5.13. The fraction of sp³-hybridized carbons (Fsp3) is 0.167. The molecule has 0 aliphatic rings. The summed E-state index contributed by atoms with van der Waals surface area (Å²) in [5.41, 5.74) is 3.05. The summed E-state index contributed by atoms with van der Waals surface area (Å²) < 4.78 is 0. The van der Waals surface area contributed by atoms with Gasteiger partial charge in [-0.05, 0) is 17.9 Å². The maximum atomic E-state index is 11.1. The molecule has 1 heterocycles. The van der Waals surface area contributed by atoms with Crippen molar-refractivity contribution < 1.29 is 4.79 Å². The second-order valence-electron chi connectivity index (χ2n) is 3.55. The summed E-state index contributed by atoms with van der Waals surface area (Å²) in [6, 6.07) is 9.96. The quantitative estimate of drug-likeness (QED) is 0.458.